The zero-order chi connectivity index (χ0) is 9.97. The number of hydrogen-bond acceptors (Lipinski definition) is 4. The van der Waals surface area contributed by atoms with Gasteiger partial charge in [0.2, 0.25) is 0 Å². The van der Waals surface area contributed by atoms with Crippen molar-refractivity contribution >= 4 is 5.97 Å². The minimum Gasteiger partial charge on any atom is -0.468 e. The second-order valence-corrected chi connectivity index (χ2v) is 3.32. The van der Waals surface area contributed by atoms with Crippen LogP contribution in [0.25, 0.3) is 0 Å². The highest BCUT2D eigenvalue weighted by Crippen LogP contribution is 2.09. The minimum absolute atomic E-state index is 0.190. The van der Waals surface area contributed by atoms with Crippen LogP contribution < -0.4 is 0 Å². The van der Waals surface area contributed by atoms with E-state index in [0.29, 0.717) is 6.54 Å². The summed E-state index contributed by atoms with van der Waals surface area (Å²) in [6.45, 7) is 2.84. The molecule has 0 unspecified atom stereocenters. The van der Waals surface area contributed by atoms with Crippen molar-refractivity contribution in [3.8, 4) is 0 Å². The molecule has 0 saturated heterocycles. The van der Waals surface area contributed by atoms with Crippen LogP contribution >= 0.6 is 0 Å². The average molecular weight is 195 g/mol. The van der Waals surface area contributed by atoms with E-state index in [1.165, 1.54) is 7.11 Å². The first-order valence-electron chi connectivity index (χ1n) is 4.59. The maximum absolute atomic E-state index is 11.0. The normalized spacial score (nSPS) is 16.4. The zero-order valence-corrected chi connectivity index (χ0v) is 8.14. The Bertz CT molecular complexity index is 335. The lowest BCUT2D eigenvalue weighted by molar-refractivity contribution is -0.142. The van der Waals surface area contributed by atoms with Crippen LogP contribution in [-0.4, -0.2) is 40.6 Å². The van der Waals surface area contributed by atoms with Gasteiger partial charge in [0.15, 0.2) is 0 Å². The standard InChI is InChI=1S/C9H13N3O2/c1-14-9(13)7-11-4-5-12-3-2-10-8(12)6-11/h2-3H,4-7H2,1H3. The number of carbonyl (C=O) groups excluding carboxylic acids is 1. The molecule has 0 atom stereocenters. The van der Waals surface area contributed by atoms with Crippen LogP contribution in [0.3, 0.4) is 0 Å². The molecule has 1 aliphatic heterocycles. The molecule has 5 heteroatoms. The Morgan fingerprint density at radius 1 is 1.64 bits per heavy atom. The molecule has 0 bridgehead atoms. The molecule has 2 rings (SSSR count). The van der Waals surface area contributed by atoms with E-state index in [1.54, 1.807) is 6.20 Å². The van der Waals surface area contributed by atoms with Gasteiger partial charge in [0.25, 0.3) is 0 Å². The largest absolute Gasteiger partial charge is 0.468 e. The molecule has 1 aromatic heterocycles. The van der Waals surface area contributed by atoms with E-state index in [-0.39, 0.29) is 5.97 Å². The van der Waals surface area contributed by atoms with Gasteiger partial charge in [0.1, 0.15) is 5.82 Å². The Balaban J connectivity index is 1.97. The first-order valence-corrected chi connectivity index (χ1v) is 4.59. The van der Waals surface area contributed by atoms with Crippen molar-refractivity contribution in [2.24, 2.45) is 0 Å². The summed E-state index contributed by atoms with van der Waals surface area (Å²) in [4.78, 5) is 17.3. The molecule has 0 N–H and O–H groups in total. The van der Waals surface area contributed by atoms with E-state index in [4.69, 9.17) is 0 Å². The fourth-order valence-corrected chi connectivity index (χ4v) is 1.61. The van der Waals surface area contributed by atoms with Gasteiger partial charge >= 0.3 is 5.97 Å². The SMILES string of the molecule is COC(=O)CN1CCn2ccnc2C1. The highest BCUT2D eigenvalue weighted by Gasteiger charge is 2.18. The van der Waals surface area contributed by atoms with E-state index >= 15 is 0 Å². The molecule has 0 saturated carbocycles. The van der Waals surface area contributed by atoms with Crippen LogP contribution in [0.15, 0.2) is 12.4 Å². The number of aromatic nitrogens is 2. The Morgan fingerprint density at radius 3 is 3.29 bits per heavy atom. The first-order chi connectivity index (χ1) is 6.79. The lowest BCUT2D eigenvalue weighted by Crippen LogP contribution is -2.37. The van der Waals surface area contributed by atoms with E-state index in [1.807, 2.05) is 11.1 Å². The maximum Gasteiger partial charge on any atom is 0.319 e. The monoisotopic (exact) mass is 195 g/mol. The third-order valence-electron chi connectivity index (χ3n) is 2.40. The summed E-state index contributed by atoms with van der Waals surface area (Å²) < 4.78 is 6.72. The van der Waals surface area contributed by atoms with Crippen LogP contribution in [0, 0.1) is 0 Å². The topological polar surface area (TPSA) is 47.4 Å². The van der Waals surface area contributed by atoms with Crippen molar-refractivity contribution in [1.82, 2.24) is 14.5 Å². The number of ether oxygens (including phenoxy) is 1. The number of methoxy groups -OCH3 is 1. The maximum atomic E-state index is 11.0. The molecule has 76 valence electrons. The van der Waals surface area contributed by atoms with Gasteiger partial charge in [0, 0.05) is 25.5 Å². The molecular formula is C9H13N3O2. The fourth-order valence-electron chi connectivity index (χ4n) is 1.61. The van der Waals surface area contributed by atoms with E-state index in [0.717, 1.165) is 25.5 Å². The number of carbonyl (C=O) groups is 1. The summed E-state index contributed by atoms with van der Waals surface area (Å²) >= 11 is 0. The summed E-state index contributed by atoms with van der Waals surface area (Å²) in [7, 11) is 1.41. The van der Waals surface area contributed by atoms with Crippen LogP contribution in [0.5, 0.6) is 0 Å². The molecule has 0 aromatic carbocycles. The number of nitrogens with zero attached hydrogens (tertiary/aromatic N) is 3. The summed E-state index contributed by atoms with van der Waals surface area (Å²) in [6.07, 6.45) is 3.75. The van der Waals surface area contributed by atoms with Gasteiger partial charge in [-0.25, -0.2) is 4.98 Å². The average Bonchev–Trinajstić information content (AvgIpc) is 2.64. The Kier molecular flexibility index (Phi) is 2.49. The van der Waals surface area contributed by atoms with Crippen molar-refractivity contribution in [3.63, 3.8) is 0 Å². The summed E-state index contributed by atoms with van der Waals surface area (Å²) in [5, 5.41) is 0. The molecule has 1 aromatic rings. The predicted octanol–water partition coefficient (Wildman–Crippen LogP) is -0.128. The van der Waals surface area contributed by atoms with Gasteiger partial charge in [0.05, 0.1) is 20.2 Å². The number of hydrogen-bond donors (Lipinski definition) is 0. The second-order valence-electron chi connectivity index (χ2n) is 3.32. The first kappa shape index (κ1) is 9.21. The van der Waals surface area contributed by atoms with Crippen molar-refractivity contribution in [2.75, 3.05) is 20.2 Å². The van der Waals surface area contributed by atoms with E-state index in [2.05, 4.69) is 14.3 Å². The zero-order valence-electron chi connectivity index (χ0n) is 8.14. The molecule has 0 fully saturated rings. The third-order valence-corrected chi connectivity index (χ3v) is 2.40. The molecule has 0 spiro atoms. The summed E-state index contributed by atoms with van der Waals surface area (Å²) in [6, 6.07) is 0. The van der Waals surface area contributed by atoms with Gasteiger partial charge < -0.3 is 9.30 Å². The number of esters is 1. The lowest BCUT2D eigenvalue weighted by atomic mass is 10.3. The molecule has 0 radical (unpaired) electrons. The second kappa shape index (κ2) is 3.79. The number of fused-ring (bicyclic) bond motifs is 1. The third kappa shape index (κ3) is 1.77. The quantitative estimate of drug-likeness (QED) is 0.617. The van der Waals surface area contributed by atoms with Gasteiger partial charge in [-0.15, -0.1) is 0 Å². The van der Waals surface area contributed by atoms with Crippen LogP contribution in [-0.2, 0) is 22.6 Å². The molecule has 14 heavy (non-hydrogen) atoms. The van der Waals surface area contributed by atoms with E-state index in [9.17, 15) is 4.79 Å². The van der Waals surface area contributed by atoms with Crippen molar-refractivity contribution in [3.05, 3.63) is 18.2 Å². The smallest absolute Gasteiger partial charge is 0.319 e. The summed E-state index contributed by atoms with van der Waals surface area (Å²) in [5.41, 5.74) is 0. The predicted molar refractivity (Wildman–Crippen MR) is 49.5 cm³/mol. The van der Waals surface area contributed by atoms with Crippen LogP contribution in [0.4, 0.5) is 0 Å². The van der Waals surface area contributed by atoms with Gasteiger partial charge in [-0.1, -0.05) is 0 Å². The van der Waals surface area contributed by atoms with Crippen molar-refractivity contribution < 1.29 is 9.53 Å². The number of imidazole rings is 1. The van der Waals surface area contributed by atoms with Gasteiger partial charge in [-0.2, -0.15) is 0 Å². The molecule has 0 aliphatic carbocycles. The number of rotatable bonds is 2. The summed E-state index contributed by atoms with van der Waals surface area (Å²) in [5.74, 6) is 0.824. The molecular weight excluding hydrogens is 182 g/mol. The molecule has 1 aliphatic rings. The molecule has 5 nitrogen and oxygen atoms in total. The minimum atomic E-state index is -0.190. The van der Waals surface area contributed by atoms with E-state index < -0.39 is 0 Å². The van der Waals surface area contributed by atoms with Crippen molar-refractivity contribution in [2.45, 2.75) is 13.1 Å². The van der Waals surface area contributed by atoms with Crippen molar-refractivity contribution in [1.29, 1.82) is 0 Å². The fraction of sp³-hybridized carbons (Fsp3) is 0.556. The van der Waals surface area contributed by atoms with Crippen LogP contribution in [0.2, 0.25) is 0 Å². The Morgan fingerprint density at radius 2 is 2.50 bits per heavy atom. The van der Waals surface area contributed by atoms with Gasteiger partial charge in [-0.05, 0) is 0 Å². The lowest BCUT2D eigenvalue weighted by Gasteiger charge is -2.26. The Hall–Kier alpha value is -1.36. The Labute approximate surface area is 82.3 Å². The molecule has 0 amide bonds. The highest BCUT2D eigenvalue weighted by atomic mass is 16.5. The van der Waals surface area contributed by atoms with Crippen LogP contribution in [0.1, 0.15) is 5.82 Å². The van der Waals surface area contributed by atoms with Gasteiger partial charge in [-0.3, -0.25) is 9.69 Å². The molecule has 2 heterocycles. The highest BCUT2D eigenvalue weighted by molar-refractivity contribution is 5.71.